The number of nitrogens with zero attached hydrogens (tertiary/aromatic N) is 2. The van der Waals surface area contributed by atoms with E-state index in [0.717, 1.165) is 33.6 Å². The number of nitrogens with one attached hydrogen (secondary N) is 1. The number of aryl methyl sites for hydroxylation is 1. The molecule has 1 amide bonds. The molecule has 3 aromatic rings. The summed E-state index contributed by atoms with van der Waals surface area (Å²) in [5.74, 6) is -0.605. The summed E-state index contributed by atoms with van der Waals surface area (Å²) in [6.45, 7) is 2.49. The van der Waals surface area contributed by atoms with E-state index in [1.165, 1.54) is 6.07 Å². The normalized spacial score (nSPS) is 13.3. The lowest BCUT2D eigenvalue weighted by atomic mass is 9.96. The first-order valence-corrected chi connectivity index (χ1v) is 8.66. The molecule has 1 aromatic heterocycles. The van der Waals surface area contributed by atoms with E-state index in [0.29, 0.717) is 12.1 Å². The molecule has 0 fully saturated rings. The van der Waals surface area contributed by atoms with E-state index in [1.807, 2.05) is 30.3 Å². The monoisotopic (exact) mass is 362 g/mol. The molecule has 2 aromatic carbocycles. The number of carbonyl (C=O) groups is 1. The van der Waals surface area contributed by atoms with Gasteiger partial charge in [-0.15, -0.1) is 0 Å². The van der Waals surface area contributed by atoms with Gasteiger partial charge in [0.1, 0.15) is 5.82 Å². The molecule has 2 heterocycles. The summed E-state index contributed by atoms with van der Waals surface area (Å²) in [5.41, 5.74) is 14.8. The molecule has 0 bridgehead atoms. The van der Waals surface area contributed by atoms with Gasteiger partial charge in [-0.2, -0.15) is 0 Å². The smallest absolute Gasteiger partial charge is 0.233 e. The molecule has 136 valence electrons. The number of benzene rings is 2. The fraction of sp³-hybridized carbons (Fsp3) is 0.143. The number of pyridine rings is 1. The van der Waals surface area contributed by atoms with Crippen LogP contribution in [-0.2, 0) is 11.3 Å². The fourth-order valence-electron chi connectivity index (χ4n) is 3.36. The Hall–Kier alpha value is -3.25. The maximum atomic E-state index is 13.7. The highest BCUT2D eigenvalue weighted by Crippen LogP contribution is 2.35. The van der Waals surface area contributed by atoms with Crippen molar-refractivity contribution in [1.29, 1.82) is 0 Å². The van der Waals surface area contributed by atoms with Crippen LogP contribution in [0.5, 0.6) is 0 Å². The first kappa shape index (κ1) is 17.2. The van der Waals surface area contributed by atoms with Crippen molar-refractivity contribution >= 4 is 11.6 Å². The molecule has 4 rings (SSSR count). The SMILES string of the molecule is Cc1cc(-c2ncccc2-c2ccc3c(c2)CN(CC(N)=O)N3)ccc1F. The number of amides is 1. The molecular weight excluding hydrogens is 343 g/mol. The molecule has 0 saturated carbocycles. The van der Waals surface area contributed by atoms with Crippen LogP contribution in [0, 0.1) is 12.7 Å². The standard InChI is InChI=1S/C21H19FN4O/c1-13-9-15(4-6-18(13)22)21-17(3-2-8-24-21)14-5-7-19-16(10-14)11-26(25-19)12-20(23)27/h2-10,25H,11-12H2,1H3,(H2,23,27). The van der Waals surface area contributed by atoms with E-state index in [-0.39, 0.29) is 18.3 Å². The van der Waals surface area contributed by atoms with Gasteiger partial charge in [0.25, 0.3) is 0 Å². The highest BCUT2D eigenvalue weighted by atomic mass is 19.1. The maximum absolute atomic E-state index is 13.7. The Morgan fingerprint density at radius 1 is 1.22 bits per heavy atom. The van der Waals surface area contributed by atoms with Crippen molar-refractivity contribution in [2.75, 3.05) is 12.0 Å². The van der Waals surface area contributed by atoms with Crippen LogP contribution in [0.1, 0.15) is 11.1 Å². The summed E-state index contributed by atoms with van der Waals surface area (Å²) in [5, 5.41) is 1.78. The van der Waals surface area contributed by atoms with Gasteiger partial charge in [0.15, 0.2) is 0 Å². The third-order valence-corrected chi connectivity index (χ3v) is 4.64. The van der Waals surface area contributed by atoms with Gasteiger partial charge >= 0.3 is 0 Å². The van der Waals surface area contributed by atoms with Gasteiger partial charge < -0.3 is 11.2 Å². The van der Waals surface area contributed by atoms with Crippen molar-refractivity contribution in [2.24, 2.45) is 5.73 Å². The topological polar surface area (TPSA) is 71.2 Å². The molecule has 0 saturated heterocycles. The van der Waals surface area contributed by atoms with Crippen LogP contribution in [-0.4, -0.2) is 22.4 Å². The summed E-state index contributed by atoms with van der Waals surface area (Å²) in [4.78, 5) is 15.7. The Morgan fingerprint density at radius 3 is 2.81 bits per heavy atom. The Labute approximate surface area is 156 Å². The van der Waals surface area contributed by atoms with Gasteiger partial charge in [-0.05, 0) is 60.0 Å². The third kappa shape index (κ3) is 3.39. The maximum Gasteiger partial charge on any atom is 0.233 e. The number of halogens is 1. The Balaban J connectivity index is 1.72. The lowest BCUT2D eigenvalue weighted by molar-refractivity contribution is -0.118. The lowest BCUT2D eigenvalue weighted by Gasteiger charge is -2.12. The molecule has 0 spiro atoms. The van der Waals surface area contributed by atoms with E-state index in [4.69, 9.17) is 5.73 Å². The van der Waals surface area contributed by atoms with Gasteiger partial charge in [0.2, 0.25) is 5.91 Å². The summed E-state index contributed by atoms with van der Waals surface area (Å²) in [6.07, 6.45) is 1.74. The second-order valence-electron chi connectivity index (χ2n) is 6.67. The molecule has 0 atom stereocenters. The Bertz CT molecular complexity index is 1030. The van der Waals surface area contributed by atoms with Crippen molar-refractivity contribution in [3.8, 4) is 22.4 Å². The van der Waals surface area contributed by atoms with Crippen LogP contribution >= 0.6 is 0 Å². The predicted molar refractivity (Wildman–Crippen MR) is 103 cm³/mol. The zero-order valence-corrected chi connectivity index (χ0v) is 14.9. The number of aromatic nitrogens is 1. The number of carbonyl (C=O) groups excluding carboxylic acids is 1. The largest absolute Gasteiger partial charge is 0.368 e. The van der Waals surface area contributed by atoms with Crippen LogP contribution in [0.2, 0.25) is 0 Å². The molecule has 0 radical (unpaired) electrons. The second-order valence-corrected chi connectivity index (χ2v) is 6.67. The zero-order chi connectivity index (χ0) is 19.0. The number of hydrogen-bond donors (Lipinski definition) is 2. The van der Waals surface area contributed by atoms with Gasteiger partial charge in [-0.3, -0.25) is 9.78 Å². The van der Waals surface area contributed by atoms with E-state index >= 15 is 0 Å². The Morgan fingerprint density at radius 2 is 2.04 bits per heavy atom. The predicted octanol–water partition coefficient (Wildman–Crippen LogP) is 3.49. The average Bonchev–Trinajstić information content (AvgIpc) is 3.04. The third-order valence-electron chi connectivity index (χ3n) is 4.64. The van der Waals surface area contributed by atoms with Crippen LogP contribution in [0.4, 0.5) is 10.1 Å². The van der Waals surface area contributed by atoms with Crippen LogP contribution in [0.15, 0.2) is 54.7 Å². The van der Waals surface area contributed by atoms with Crippen molar-refractivity contribution in [3.05, 3.63) is 71.7 Å². The molecule has 1 aliphatic rings. The van der Waals surface area contributed by atoms with Crippen LogP contribution < -0.4 is 11.2 Å². The minimum Gasteiger partial charge on any atom is -0.368 e. The van der Waals surface area contributed by atoms with E-state index in [2.05, 4.69) is 16.5 Å². The van der Waals surface area contributed by atoms with Gasteiger partial charge in [-0.1, -0.05) is 12.1 Å². The highest BCUT2D eigenvalue weighted by molar-refractivity contribution is 5.82. The van der Waals surface area contributed by atoms with E-state index < -0.39 is 0 Å². The van der Waals surface area contributed by atoms with Crippen molar-refractivity contribution in [2.45, 2.75) is 13.5 Å². The van der Waals surface area contributed by atoms with Crippen LogP contribution in [0.3, 0.4) is 0 Å². The molecule has 1 aliphatic heterocycles. The number of rotatable bonds is 4. The quantitative estimate of drug-likeness (QED) is 0.745. The van der Waals surface area contributed by atoms with Gasteiger partial charge in [0, 0.05) is 23.9 Å². The molecule has 0 aliphatic carbocycles. The lowest BCUT2D eigenvalue weighted by Crippen LogP contribution is -2.33. The first-order chi connectivity index (χ1) is 13.0. The first-order valence-electron chi connectivity index (χ1n) is 8.66. The molecule has 5 nitrogen and oxygen atoms in total. The highest BCUT2D eigenvalue weighted by Gasteiger charge is 2.20. The van der Waals surface area contributed by atoms with E-state index in [1.54, 1.807) is 24.2 Å². The second kappa shape index (κ2) is 6.81. The minimum atomic E-state index is -0.378. The molecular formula is C21H19FN4O. The Kier molecular flexibility index (Phi) is 4.33. The van der Waals surface area contributed by atoms with Gasteiger partial charge in [-0.25, -0.2) is 9.40 Å². The fourth-order valence-corrected chi connectivity index (χ4v) is 3.36. The van der Waals surface area contributed by atoms with Crippen molar-refractivity contribution < 1.29 is 9.18 Å². The van der Waals surface area contributed by atoms with Crippen LogP contribution in [0.25, 0.3) is 22.4 Å². The molecule has 27 heavy (non-hydrogen) atoms. The molecule has 6 heteroatoms. The average molecular weight is 362 g/mol. The van der Waals surface area contributed by atoms with E-state index in [9.17, 15) is 9.18 Å². The van der Waals surface area contributed by atoms with Crippen molar-refractivity contribution in [3.63, 3.8) is 0 Å². The summed E-state index contributed by atoms with van der Waals surface area (Å²) >= 11 is 0. The zero-order valence-electron chi connectivity index (χ0n) is 14.9. The molecule has 3 N–H and O–H groups in total. The summed E-state index contributed by atoms with van der Waals surface area (Å²) in [6, 6.07) is 15.0. The summed E-state index contributed by atoms with van der Waals surface area (Å²) < 4.78 is 13.7. The number of primary amides is 1. The number of nitrogens with two attached hydrogens (primary N) is 1. The number of hydrazine groups is 1. The number of fused-ring (bicyclic) bond motifs is 1. The minimum absolute atomic E-state index is 0.150. The van der Waals surface area contributed by atoms with Crippen molar-refractivity contribution in [1.82, 2.24) is 9.99 Å². The number of anilines is 1. The summed E-state index contributed by atoms with van der Waals surface area (Å²) in [7, 11) is 0. The number of hydrogen-bond acceptors (Lipinski definition) is 4. The molecule has 0 unspecified atom stereocenters. The van der Waals surface area contributed by atoms with Gasteiger partial charge in [0.05, 0.1) is 17.9 Å².